The molecule has 0 aliphatic rings. The molecule has 0 aliphatic heterocycles. The summed E-state index contributed by atoms with van der Waals surface area (Å²) in [6.07, 6.45) is 3.79. The molecule has 0 bridgehead atoms. The summed E-state index contributed by atoms with van der Waals surface area (Å²) in [7, 11) is 0. The molecule has 4 nitrogen and oxygen atoms in total. The van der Waals surface area contributed by atoms with Crippen LogP contribution < -0.4 is 5.32 Å². The smallest absolute Gasteiger partial charge is 0.105 e. The molecule has 0 aliphatic carbocycles. The SMILES string of the molecule is CCNCCOCCn1ccnc1C. The quantitative estimate of drug-likeness (QED) is 0.658. The minimum atomic E-state index is 0.753. The van der Waals surface area contributed by atoms with Gasteiger partial charge in [-0.25, -0.2) is 4.98 Å². The number of imidazole rings is 1. The van der Waals surface area contributed by atoms with Crippen LogP contribution in [0.2, 0.25) is 0 Å². The second-order valence-electron chi connectivity index (χ2n) is 3.13. The molecule has 0 aromatic carbocycles. The normalized spacial score (nSPS) is 10.7. The van der Waals surface area contributed by atoms with Crippen LogP contribution in [0.25, 0.3) is 0 Å². The van der Waals surface area contributed by atoms with E-state index in [2.05, 4.69) is 21.8 Å². The highest BCUT2D eigenvalue weighted by atomic mass is 16.5. The van der Waals surface area contributed by atoms with E-state index in [1.54, 1.807) is 0 Å². The summed E-state index contributed by atoms with van der Waals surface area (Å²) in [6.45, 7) is 8.44. The molecule has 1 rings (SSSR count). The minimum Gasteiger partial charge on any atom is -0.378 e. The molecule has 1 heterocycles. The number of aryl methyl sites for hydroxylation is 1. The number of likely N-dealkylation sites (N-methyl/N-ethyl adjacent to an activating group) is 1. The number of aromatic nitrogens is 2. The summed E-state index contributed by atoms with van der Waals surface area (Å²) in [5.41, 5.74) is 0. The van der Waals surface area contributed by atoms with Crippen molar-refractivity contribution in [3.63, 3.8) is 0 Å². The van der Waals surface area contributed by atoms with Crippen LogP contribution in [0.5, 0.6) is 0 Å². The number of hydrogen-bond donors (Lipinski definition) is 1. The Kier molecular flexibility index (Phi) is 5.25. The summed E-state index contributed by atoms with van der Waals surface area (Å²) >= 11 is 0. The number of rotatable bonds is 7. The predicted octanol–water partition coefficient (Wildman–Crippen LogP) is 0.818. The van der Waals surface area contributed by atoms with Crippen LogP contribution in [0.3, 0.4) is 0 Å². The standard InChI is InChI=1S/C10H19N3O/c1-3-11-5-8-14-9-7-13-6-4-12-10(13)2/h4,6,11H,3,5,7-9H2,1-2H3. The van der Waals surface area contributed by atoms with Crippen LogP contribution in [0.1, 0.15) is 12.7 Å². The zero-order valence-electron chi connectivity index (χ0n) is 8.99. The lowest BCUT2D eigenvalue weighted by molar-refractivity contribution is 0.128. The van der Waals surface area contributed by atoms with Crippen molar-refractivity contribution in [2.75, 3.05) is 26.3 Å². The highest BCUT2D eigenvalue weighted by Gasteiger charge is 1.95. The van der Waals surface area contributed by atoms with Crippen molar-refractivity contribution >= 4 is 0 Å². The molecule has 0 spiro atoms. The highest BCUT2D eigenvalue weighted by molar-refractivity contribution is 4.87. The fourth-order valence-corrected chi connectivity index (χ4v) is 1.23. The topological polar surface area (TPSA) is 39.1 Å². The summed E-state index contributed by atoms with van der Waals surface area (Å²) in [5.74, 6) is 1.04. The van der Waals surface area contributed by atoms with E-state index in [1.165, 1.54) is 0 Å². The fourth-order valence-electron chi connectivity index (χ4n) is 1.23. The Morgan fingerprint density at radius 1 is 1.50 bits per heavy atom. The summed E-state index contributed by atoms with van der Waals surface area (Å²) in [5, 5.41) is 3.21. The average Bonchev–Trinajstić information content (AvgIpc) is 2.58. The first-order chi connectivity index (χ1) is 6.84. The van der Waals surface area contributed by atoms with Crippen molar-refractivity contribution < 1.29 is 4.74 Å². The van der Waals surface area contributed by atoms with Crippen LogP contribution in [0.15, 0.2) is 12.4 Å². The largest absolute Gasteiger partial charge is 0.378 e. The molecule has 0 saturated carbocycles. The van der Waals surface area contributed by atoms with Gasteiger partial charge in [0.15, 0.2) is 0 Å². The van der Waals surface area contributed by atoms with Crippen LogP contribution in [0.4, 0.5) is 0 Å². The number of ether oxygens (including phenoxy) is 1. The molecule has 4 heteroatoms. The predicted molar refractivity (Wildman–Crippen MR) is 56.3 cm³/mol. The van der Waals surface area contributed by atoms with E-state index < -0.39 is 0 Å². The van der Waals surface area contributed by atoms with E-state index in [1.807, 2.05) is 19.3 Å². The lowest BCUT2D eigenvalue weighted by Crippen LogP contribution is -2.20. The van der Waals surface area contributed by atoms with Crippen LogP contribution in [-0.4, -0.2) is 35.9 Å². The minimum absolute atomic E-state index is 0.753. The Bertz CT molecular complexity index is 247. The van der Waals surface area contributed by atoms with E-state index in [9.17, 15) is 0 Å². The van der Waals surface area contributed by atoms with Gasteiger partial charge in [0.05, 0.1) is 13.2 Å². The summed E-state index contributed by atoms with van der Waals surface area (Å²) < 4.78 is 7.54. The first kappa shape index (κ1) is 11.2. The maximum atomic E-state index is 5.45. The average molecular weight is 197 g/mol. The number of nitrogens with one attached hydrogen (secondary N) is 1. The molecule has 0 atom stereocenters. The van der Waals surface area contributed by atoms with E-state index in [-0.39, 0.29) is 0 Å². The summed E-state index contributed by atoms with van der Waals surface area (Å²) in [4.78, 5) is 4.14. The fraction of sp³-hybridized carbons (Fsp3) is 0.700. The summed E-state index contributed by atoms with van der Waals surface area (Å²) in [6, 6.07) is 0. The molecule has 0 saturated heterocycles. The van der Waals surface area contributed by atoms with Crippen LogP contribution in [0, 0.1) is 6.92 Å². The molecule has 80 valence electrons. The maximum absolute atomic E-state index is 5.45. The van der Waals surface area contributed by atoms with Crippen molar-refractivity contribution in [1.29, 1.82) is 0 Å². The Balaban J connectivity index is 2.02. The number of nitrogens with zero attached hydrogens (tertiary/aromatic N) is 2. The lowest BCUT2D eigenvalue weighted by atomic mass is 10.6. The van der Waals surface area contributed by atoms with E-state index in [0.29, 0.717) is 0 Å². The van der Waals surface area contributed by atoms with Crippen molar-refractivity contribution in [3.05, 3.63) is 18.2 Å². The van der Waals surface area contributed by atoms with E-state index in [0.717, 1.165) is 38.7 Å². The van der Waals surface area contributed by atoms with Gasteiger partial charge in [-0.05, 0) is 13.5 Å². The third-order valence-corrected chi connectivity index (χ3v) is 2.07. The van der Waals surface area contributed by atoms with E-state index >= 15 is 0 Å². The molecule has 0 radical (unpaired) electrons. The van der Waals surface area contributed by atoms with Crippen LogP contribution >= 0.6 is 0 Å². The second kappa shape index (κ2) is 6.56. The van der Waals surface area contributed by atoms with Gasteiger partial charge in [-0.3, -0.25) is 0 Å². The zero-order valence-corrected chi connectivity index (χ0v) is 8.99. The molecule has 14 heavy (non-hydrogen) atoms. The highest BCUT2D eigenvalue weighted by Crippen LogP contribution is 1.94. The Morgan fingerprint density at radius 2 is 2.36 bits per heavy atom. The molecular weight excluding hydrogens is 178 g/mol. The first-order valence-corrected chi connectivity index (χ1v) is 5.10. The zero-order chi connectivity index (χ0) is 10.2. The van der Waals surface area contributed by atoms with E-state index in [4.69, 9.17) is 4.74 Å². The van der Waals surface area contributed by atoms with Crippen molar-refractivity contribution in [2.24, 2.45) is 0 Å². The lowest BCUT2D eigenvalue weighted by Gasteiger charge is -2.06. The van der Waals surface area contributed by atoms with Crippen molar-refractivity contribution in [1.82, 2.24) is 14.9 Å². The van der Waals surface area contributed by atoms with Gasteiger partial charge in [0.2, 0.25) is 0 Å². The third kappa shape index (κ3) is 3.89. The van der Waals surface area contributed by atoms with Gasteiger partial charge in [-0.1, -0.05) is 6.92 Å². The molecule has 0 fully saturated rings. The third-order valence-electron chi connectivity index (χ3n) is 2.07. The van der Waals surface area contributed by atoms with Gasteiger partial charge in [0.1, 0.15) is 5.82 Å². The van der Waals surface area contributed by atoms with Gasteiger partial charge in [-0.15, -0.1) is 0 Å². The van der Waals surface area contributed by atoms with Gasteiger partial charge in [0, 0.05) is 25.5 Å². The molecule has 0 amide bonds. The first-order valence-electron chi connectivity index (χ1n) is 5.10. The van der Waals surface area contributed by atoms with Gasteiger partial charge < -0.3 is 14.6 Å². The van der Waals surface area contributed by atoms with Crippen LogP contribution in [-0.2, 0) is 11.3 Å². The molecule has 1 N–H and O–H groups in total. The van der Waals surface area contributed by atoms with Gasteiger partial charge in [0.25, 0.3) is 0 Å². The molecule has 0 unspecified atom stereocenters. The maximum Gasteiger partial charge on any atom is 0.105 e. The molecule has 1 aromatic rings. The van der Waals surface area contributed by atoms with Gasteiger partial charge in [-0.2, -0.15) is 0 Å². The monoisotopic (exact) mass is 197 g/mol. The Morgan fingerprint density at radius 3 is 3.00 bits per heavy atom. The second-order valence-corrected chi connectivity index (χ2v) is 3.13. The molecule has 1 aromatic heterocycles. The van der Waals surface area contributed by atoms with Gasteiger partial charge >= 0.3 is 0 Å². The Hall–Kier alpha value is -0.870. The molecular formula is C10H19N3O. The Labute approximate surface area is 85.3 Å². The van der Waals surface area contributed by atoms with Crippen molar-refractivity contribution in [2.45, 2.75) is 20.4 Å². The van der Waals surface area contributed by atoms with Crippen molar-refractivity contribution in [3.8, 4) is 0 Å². The number of hydrogen-bond acceptors (Lipinski definition) is 3.